The van der Waals surface area contributed by atoms with Crippen molar-refractivity contribution in [2.75, 3.05) is 6.54 Å². The maximum atomic E-state index is 11.6. The normalized spacial score (nSPS) is 11.9. The Bertz CT molecular complexity index is 405. The van der Waals surface area contributed by atoms with E-state index in [1.807, 2.05) is 0 Å². The van der Waals surface area contributed by atoms with E-state index in [2.05, 4.69) is 5.32 Å². The summed E-state index contributed by atoms with van der Waals surface area (Å²) in [6.07, 6.45) is 0. The van der Waals surface area contributed by atoms with Gasteiger partial charge in [-0.05, 0) is 19.1 Å². The van der Waals surface area contributed by atoms with Crippen LogP contribution in [0.1, 0.15) is 17.3 Å². The Hall–Kier alpha value is -1.06. The van der Waals surface area contributed by atoms with E-state index in [0.717, 1.165) is 0 Å². The second kappa shape index (κ2) is 5.87. The van der Waals surface area contributed by atoms with E-state index in [9.17, 15) is 9.59 Å². The minimum atomic E-state index is -0.646. The summed E-state index contributed by atoms with van der Waals surface area (Å²) >= 11 is 11.3. The fraction of sp³-hybridized carbons (Fsp3) is 0.273. The zero-order chi connectivity index (χ0) is 12.1. The molecule has 0 aliphatic rings. The molecule has 1 atom stereocenters. The zero-order valence-corrected chi connectivity index (χ0v) is 10.2. The Balaban J connectivity index is 2.57. The highest BCUT2D eigenvalue weighted by Gasteiger charge is 2.11. The van der Waals surface area contributed by atoms with Gasteiger partial charge in [0.25, 0.3) is 0 Å². The van der Waals surface area contributed by atoms with Crippen LogP contribution < -0.4 is 5.32 Å². The summed E-state index contributed by atoms with van der Waals surface area (Å²) in [6, 6.07) is 6.56. The Morgan fingerprint density at radius 1 is 1.44 bits per heavy atom. The van der Waals surface area contributed by atoms with Gasteiger partial charge in [0.2, 0.25) is 5.91 Å². The van der Waals surface area contributed by atoms with Gasteiger partial charge in [0, 0.05) is 10.6 Å². The monoisotopic (exact) mass is 259 g/mol. The van der Waals surface area contributed by atoms with Crippen LogP contribution in [0.2, 0.25) is 5.02 Å². The van der Waals surface area contributed by atoms with Crippen molar-refractivity contribution < 1.29 is 9.59 Å². The van der Waals surface area contributed by atoms with Gasteiger partial charge in [0.05, 0.1) is 6.54 Å². The number of benzene rings is 1. The van der Waals surface area contributed by atoms with Gasteiger partial charge in [-0.15, -0.1) is 11.6 Å². The van der Waals surface area contributed by atoms with Gasteiger partial charge in [-0.2, -0.15) is 0 Å². The number of Topliss-reactive ketones (excluding diaryl/α,β-unsaturated/α-hetero) is 1. The van der Waals surface area contributed by atoms with E-state index in [0.29, 0.717) is 10.6 Å². The van der Waals surface area contributed by atoms with Crippen LogP contribution in [-0.4, -0.2) is 23.6 Å². The molecule has 0 aromatic heterocycles. The van der Waals surface area contributed by atoms with Crippen molar-refractivity contribution in [3.63, 3.8) is 0 Å². The van der Waals surface area contributed by atoms with Crippen LogP contribution >= 0.6 is 23.2 Å². The van der Waals surface area contributed by atoms with Crippen LogP contribution in [0.4, 0.5) is 0 Å². The lowest BCUT2D eigenvalue weighted by atomic mass is 10.1. The first kappa shape index (κ1) is 13.0. The molecule has 1 N–H and O–H groups in total. The summed E-state index contributed by atoms with van der Waals surface area (Å²) in [6.45, 7) is 1.47. The fourth-order valence-electron chi connectivity index (χ4n) is 1.07. The largest absolute Gasteiger partial charge is 0.347 e. The molecule has 1 rings (SSSR count). The Morgan fingerprint density at radius 3 is 2.69 bits per heavy atom. The third-order valence-corrected chi connectivity index (χ3v) is 2.36. The number of alkyl halides is 1. The molecule has 0 spiro atoms. The average molecular weight is 260 g/mol. The summed E-state index contributed by atoms with van der Waals surface area (Å²) in [7, 11) is 0. The molecule has 0 aliphatic heterocycles. The van der Waals surface area contributed by atoms with E-state index >= 15 is 0 Å². The van der Waals surface area contributed by atoms with Crippen molar-refractivity contribution in [3.05, 3.63) is 34.9 Å². The van der Waals surface area contributed by atoms with Gasteiger partial charge in [0.1, 0.15) is 5.38 Å². The Kier molecular flexibility index (Phi) is 4.77. The molecule has 0 saturated heterocycles. The van der Waals surface area contributed by atoms with Crippen molar-refractivity contribution >= 4 is 34.9 Å². The van der Waals surface area contributed by atoms with Gasteiger partial charge < -0.3 is 5.32 Å². The van der Waals surface area contributed by atoms with Crippen LogP contribution in [0.3, 0.4) is 0 Å². The number of hydrogen-bond acceptors (Lipinski definition) is 2. The van der Waals surface area contributed by atoms with E-state index < -0.39 is 5.38 Å². The lowest BCUT2D eigenvalue weighted by Crippen LogP contribution is -2.34. The van der Waals surface area contributed by atoms with Crippen molar-refractivity contribution in [3.8, 4) is 0 Å². The molecule has 0 bridgehead atoms. The van der Waals surface area contributed by atoms with E-state index in [-0.39, 0.29) is 18.2 Å². The number of halogens is 2. The zero-order valence-electron chi connectivity index (χ0n) is 8.67. The van der Waals surface area contributed by atoms with E-state index in [1.165, 1.54) is 0 Å². The highest BCUT2D eigenvalue weighted by molar-refractivity contribution is 6.31. The third kappa shape index (κ3) is 3.83. The van der Waals surface area contributed by atoms with Crippen LogP contribution in [0, 0.1) is 0 Å². The van der Waals surface area contributed by atoms with Crippen LogP contribution in [0.5, 0.6) is 0 Å². The number of carbonyl (C=O) groups excluding carboxylic acids is 2. The van der Waals surface area contributed by atoms with Crippen LogP contribution in [-0.2, 0) is 4.79 Å². The second-order valence-electron chi connectivity index (χ2n) is 3.27. The molecule has 0 aliphatic carbocycles. The maximum absolute atomic E-state index is 11.6. The predicted molar refractivity (Wildman–Crippen MR) is 64.1 cm³/mol. The van der Waals surface area contributed by atoms with Gasteiger partial charge in [-0.25, -0.2) is 0 Å². The van der Waals surface area contributed by atoms with Crippen molar-refractivity contribution in [1.82, 2.24) is 5.32 Å². The first-order chi connectivity index (χ1) is 7.50. The number of ketones is 1. The minimum absolute atomic E-state index is 0.0732. The molecule has 3 nitrogen and oxygen atoms in total. The van der Waals surface area contributed by atoms with Gasteiger partial charge in [-0.3, -0.25) is 9.59 Å². The molecular formula is C11H11Cl2NO2. The summed E-state index contributed by atoms with van der Waals surface area (Å²) in [5.41, 5.74) is 0.468. The number of amides is 1. The first-order valence-corrected chi connectivity index (χ1v) is 5.52. The van der Waals surface area contributed by atoms with E-state index in [4.69, 9.17) is 23.2 Å². The predicted octanol–water partition coefficient (Wildman–Crippen LogP) is 2.27. The molecule has 1 aromatic carbocycles. The van der Waals surface area contributed by atoms with Crippen molar-refractivity contribution in [2.24, 2.45) is 0 Å². The highest BCUT2D eigenvalue weighted by atomic mass is 35.5. The Morgan fingerprint density at radius 2 is 2.12 bits per heavy atom. The van der Waals surface area contributed by atoms with Gasteiger partial charge in [-0.1, -0.05) is 23.7 Å². The van der Waals surface area contributed by atoms with Gasteiger partial charge >= 0.3 is 0 Å². The number of nitrogens with one attached hydrogen (secondary N) is 1. The highest BCUT2D eigenvalue weighted by Crippen LogP contribution is 2.10. The quantitative estimate of drug-likeness (QED) is 0.666. The van der Waals surface area contributed by atoms with Crippen LogP contribution in [0.25, 0.3) is 0 Å². The van der Waals surface area contributed by atoms with Gasteiger partial charge in [0.15, 0.2) is 5.78 Å². The lowest BCUT2D eigenvalue weighted by Gasteiger charge is -2.05. The molecule has 16 heavy (non-hydrogen) atoms. The van der Waals surface area contributed by atoms with Crippen LogP contribution in [0.15, 0.2) is 24.3 Å². The molecule has 1 unspecified atom stereocenters. The molecule has 5 heteroatoms. The minimum Gasteiger partial charge on any atom is -0.347 e. The summed E-state index contributed by atoms with van der Waals surface area (Å²) in [4.78, 5) is 22.7. The summed E-state index contributed by atoms with van der Waals surface area (Å²) in [5.74, 6) is -0.565. The Labute approximate surface area is 104 Å². The molecule has 1 amide bonds. The molecule has 86 valence electrons. The topological polar surface area (TPSA) is 46.2 Å². The smallest absolute Gasteiger partial charge is 0.238 e. The van der Waals surface area contributed by atoms with Crippen molar-refractivity contribution in [1.29, 1.82) is 0 Å². The molecule has 0 saturated carbocycles. The number of carbonyl (C=O) groups is 2. The molecule has 0 fully saturated rings. The third-order valence-electron chi connectivity index (χ3n) is 1.93. The molecule has 0 heterocycles. The maximum Gasteiger partial charge on any atom is 0.238 e. The number of hydrogen-bond donors (Lipinski definition) is 1. The number of rotatable bonds is 4. The second-order valence-corrected chi connectivity index (χ2v) is 4.36. The summed E-state index contributed by atoms with van der Waals surface area (Å²) in [5, 5.41) is 2.28. The average Bonchev–Trinajstić information content (AvgIpc) is 2.25. The molecular weight excluding hydrogens is 249 g/mol. The standard InChI is InChI=1S/C11H11Cl2NO2/c1-7(12)11(16)14-6-10(15)8-3-2-4-9(13)5-8/h2-5,7H,6H2,1H3,(H,14,16). The lowest BCUT2D eigenvalue weighted by molar-refractivity contribution is -0.120. The summed E-state index contributed by atoms with van der Waals surface area (Å²) < 4.78 is 0. The first-order valence-electron chi connectivity index (χ1n) is 4.71. The van der Waals surface area contributed by atoms with E-state index in [1.54, 1.807) is 31.2 Å². The van der Waals surface area contributed by atoms with Crippen molar-refractivity contribution in [2.45, 2.75) is 12.3 Å². The SMILES string of the molecule is CC(Cl)C(=O)NCC(=O)c1cccc(Cl)c1. The molecule has 1 aromatic rings. The fourth-order valence-corrected chi connectivity index (χ4v) is 1.34. The molecule has 0 radical (unpaired) electrons.